The number of pyridine rings is 1. The van der Waals surface area contributed by atoms with E-state index in [1.807, 2.05) is 14.1 Å². The number of aliphatic imine (C=N–C) groups is 1. The van der Waals surface area contributed by atoms with E-state index in [0.29, 0.717) is 5.56 Å². The van der Waals surface area contributed by atoms with E-state index in [-0.39, 0.29) is 5.91 Å². The predicted molar refractivity (Wildman–Crippen MR) is 50.7 cm³/mol. The van der Waals surface area contributed by atoms with E-state index in [9.17, 15) is 4.79 Å². The quantitative estimate of drug-likeness (QED) is 0.496. The number of rotatable bonds is 2. The van der Waals surface area contributed by atoms with Gasteiger partial charge in [-0.1, -0.05) is 0 Å². The summed E-state index contributed by atoms with van der Waals surface area (Å²) in [6.45, 7) is 0. The second kappa shape index (κ2) is 4.35. The monoisotopic (exact) mass is 177 g/mol. The molecule has 0 aromatic carbocycles. The highest BCUT2D eigenvalue weighted by atomic mass is 16.1. The Hall–Kier alpha value is -1.71. The van der Waals surface area contributed by atoms with Crippen LogP contribution in [0.25, 0.3) is 0 Å². The highest BCUT2D eigenvalue weighted by Crippen LogP contribution is 1.97. The second-order valence-corrected chi connectivity index (χ2v) is 2.75. The minimum absolute atomic E-state index is 0.254. The number of nitrogens with zero attached hydrogens (tertiary/aromatic N) is 3. The molecule has 1 amide bonds. The van der Waals surface area contributed by atoms with Crippen LogP contribution in [0.4, 0.5) is 0 Å². The smallest absolute Gasteiger partial charge is 0.278 e. The van der Waals surface area contributed by atoms with Crippen molar-refractivity contribution < 1.29 is 4.79 Å². The van der Waals surface area contributed by atoms with Crippen LogP contribution < -0.4 is 0 Å². The molecule has 1 aromatic heterocycles. The van der Waals surface area contributed by atoms with Gasteiger partial charge in [0.25, 0.3) is 5.91 Å². The first kappa shape index (κ1) is 9.38. The molecule has 68 valence electrons. The van der Waals surface area contributed by atoms with Gasteiger partial charge in [-0.15, -0.1) is 0 Å². The van der Waals surface area contributed by atoms with Gasteiger partial charge in [0.2, 0.25) is 0 Å². The number of aromatic nitrogens is 1. The number of hydrogen-bond donors (Lipinski definition) is 0. The third-order valence-electron chi connectivity index (χ3n) is 1.33. The van der Waals surface area contributed by atoms with Crippen molar-refractivity contribution in [3.05, 3.63) is 30.1 Å². The first-order chi connectivity index (χ1) is 6.20. The Morgan fingerprint density at radius 3 is 2.62 bits per heavy atom. The molecule has 0 fully saturated rings. The molecule has 4 heteroatoms. The molecular weight excluding hydrogens is 166 g/mol. The Morgan fingerprint density at radius 1 is 1.46 bits per heavy atom. The number of carbonyl (C=O) groups is 1. The molecule has 0 spiro atoms. The highest BCUT2D eigenvalue weighted by Gasteiger charge is 2.00. The lowest BCUT2D eigenvalue weighted by Crippen LogP contribution is -2.09. The summed E-state index contributed by atoms with van der Waals surface area (Å²) in [6, 6.07) is 3.27. The van der Waals surface area contributed by atoms with E-state index >= 15 is 0 Å². The minimum Gasteiger partial charge on any atom is -0.369 e. The molecule has 4 nitrogen and oxygen atoms in total. The second-order valence-electron chi connectivity index (χ2n) is 2.75. The lowest BCUT2D eigenvalue weighted by molar-refractivity contribution is 0.100. The molecule has 0 radical (unpaired) electrons. The Morgan fingerprint density at radius 2 is 2.08 bits per heavy atom. The Bertz CT molecular complexity index is 306. The molecule has 0 aliphatic carbocycles. The van der Waals surface area contributed by atoms with Crippen LogP contribution in [-0.4, -0.2) is 36.2 Å². The molecule has 0 unspecified atom stereocenters. The Balaban J connectivity index is 2.70. The minimum atomic E-state index is -0.254. The molecule has 0 aliphatic rings. The van der Waals surface area contributed by atoms with Crippen molar-refractivity contribution in [1.29, 1.82) is 0 Å². The van der Waals surface area contributed by atoms with E-state index in [0.717, 1.165) is 0 Å². The maximum Gasteiger partial charge on any atom is 0.278 e. The largest absolute Gasteiger partial charge is 0.369 e. The van der Waals surface area contributed by atoms with Crippen LogP contribution in [-0.2, 0) is 0 Å². The summed E-state index contributed by atoms with van der Waals surface area (Å²) in [5.74, 6) is -0.254. The van der Waals surface area contributed by atoms with Crippen molar-refractivity contribution in [3.63, 3.8) is 0 Å². The average Bonchev–Trinajstić information content (AvgIpc) is 2.15. The first-order valence-electron chi connectivity index (χ1n) is 3.85. The zero-order valence-corrected chi connectivity index (χ0v) is 7.64. The Kier molecular flexibility index (Phi) is 3.14. The van der Waals surface area contributed by atoms with E-state index in [1.165, 1.54) is 6.34 Å². The van der Waals surface area contributed by atoms with E-state index in [1.54, 1.807) is 29.4 Å². The summed E-state index contributed by atoms with van der Waals surface area (Å²) in [6.07, 6.45) is 4.61. The normalized spacial score (nSPS) is 10.3. The standard InChI is InChI=1S/C9H11N3O/c1-12(2)7-11-9(13)8-3-5-10-6-4-8/h3-7H,1-2H3. The third kappa shape index (κ3) is 3.02. The fourth-order valence-electron chi connectivity index (χ4n) is 0.737. The average molecular weight is 177 g/mol. The molecule has 0 atom stereocenters. The topological polar surface area (TPSA) is 45.6 Å². The molecule has 0 N–H and O–H groups in total. The molecule has 0 saturated carbocycles. The number of hydrogen-bond acceptors (Lipinski definition) is 2. The molecule has 0 bridgehead atoms. The summed E-state index contributed by atoms with van der Waals surface area (Å²) in [7, 11) is 3.62. The number of amides is 1. The number of carbonyl (C=O) groups excluding carboxylic acids is 1. The van der Waals surface area contributed by atoms with Crippen LogP contribution >= 0.6 is 0 Å². The molecule has 13 heavy (non-hydrogen) atoms. The summed E-state index contributed by atoms with van der Waals surface area (Å²) < 4.78 is 0. The Labute approximate surface area is 76.9 Å². The van der Waals surface area contributed by atoms with Gasteiger partial charge < -0.3 is 4.90 Å². The fourth-order valence-corrected chi connectivity index (χ4v) is 0.737. The van der Waals surface area contributed by atoms with Crippen LogP contribution in [0, 0.1) is 0 Å². The van der Waals surface area contributed by atoms with Crippen LogP contribution in [0.2, 0.25) is 0 Å². The summed E-state index contributed by atoms with van der Waals surface area (Å²) in [5, 5.41) is 0. The van der Waals surface area contributed by atoms with Gasteiger partial charge in [0.1, 0.15) is 0 Å². The van der Waals surface area contributed by atoms with Gasteiger partial charge >= 0.3 is 0 Å². The highest BCUT2D eigenvalue weighted by molar-refractivity contribution is 5.98. The van der Waals surface area contributed by atoms with E-state index < -0.39 is 0 Å². The zero-order chi connectivity index (χ0) is 9.68. The lowest BCUT2D eigenvalue weighted by atomic mass is 10.3. The van der Waals surface area contributed by atoms with Crippen molar-refractivity contribution >= 4 is 12.2 Å². The van der Waals surface area contributed by atoms with Crippen LogP contribution in [0.1, 0.15) is 10.4 Å². The maximum atomic E-state index is 11.3. The molecular formula is C9H11N3O. The van der Waals surface area contributed by atoms with Crippen molar-refractivity contribution in [2.24, 2.45) is 4.99 Å². The summed E-state index contributed by atoms with van der Waals surface area (Å²) in [4.78, 5) is 20.5. The van der Waals surface area contributed by atoms with E-state index in [2.05, 4.69) is 9.98 Å². The fraction of sp³-hybridized carbons (Fsp3) is 0.222. The third-order valence-corrected chi connectivity index (χ3v) is 1.33. The van der Waals surface area contributed by atoms with Gasteiger partial charge in [-0.25, -0.2) is 0 Å². The van der Waals surface area contributed by atoms with Crippen LogP contribution in [0.3, 0.4) is 0 Å². The van der Waals surface area contributed by atoms with Crippen molar-refractivity contribution in [3.8, 4) is 0 Å². The zero-order valence-electron chi connectivity index (χ0n) is 7.64. The SMILES string of the molecule is CN(C)C=NC(=O)c1ccncc1. The first-order valence-corrected chi connectivity index (χ1v) is 3.85. The molecule has 0 saturated heterocycles. The van der Waals surface area contributed by atoms with Gasteiger partial charge in [0, 0.05) is 32.1 Å². The molecule has 0 aliphatic heterocycles. The van der Waals surface area contributed by atoms with Crippen LogP contribution in [0.5, 0.6) is 0 Å². The van der Waals surface area contributed by atoms with Crippen molar-refractivity contribution in [2.75, 3.05) is 14.1 Å². The molecule has 1 aromatic rings. The lowest BCUT2D eigenvalue weighted by Gasteiger charge is -2.01. The summed E-state index contributed by atoms with van der Waals surface area (Å²) in [5.41, 5.74) is 0.549. The summed E-state index contributed by atoms with van der Waals surface area (Å²) >= 11 is 0. The van der Waals surface area contributed by atoms with Gasteiger partial charge in [0.15, 0.2) is 0 Å². The molecule has 1 rings (SSSR count). The van der Waals surface area contributed by atoms with Crippen LogP contribution in [0.15, 0.2) is 29.5 Å². The van der Waals surface area contributed by atoms with Gasteiger partial charge in [-0.2, -0.15) is 4.99 Å². The van der Waals surface area contributed by atoms with Gasteiger partial charge in [-0.3, -0.25) is 9.78 Å². The van der Waals surface area contributed by atoms with Gasteiger partial charge in [-0.05, 0) is 12.1 Å². The van der Waals surface area contributed by atoms with E-state index in [4.69, 9.17) is 0 Å². The molecule has 1 heterocycles. The maximum absolute atomic E-state index is 11.3. The van der Waals surface area contributed by atoms with Crippen molar-refractivity contribution in [2.45, 2.75) is 0 Å². The van der Waals surface area contributed by atoms with Gasteiger partial charge in [0.05, 0.1) is 6.34 Å². The van der Waals surface area contributed by atoms with Crippen molar-refractivity contribution in [1.82, 2.24) is 9.88 Å². The predicted octanol–water partition coefficient (Wildman–Crippen LogP) is 0.812.